The number of carbonyl (C=O) groups excluding carboxylic acids is 1. The van der Waals surface area contributed by atoms with Gasteiger partial charge >= 0.3 is 5.97 Å². The van der Waals surface area contributed by atoms with Crippen LogP contribution in [0.2, 0.25) is 0 Å². The van der Waals surface area contributed by atoms with Gasteiger partial charge in [0.15, 0.2) is 0 Å². The quantitative estimate of drug-likeness (QED) is 0.346. The van der Waals surface area contributed by atoms with Crippen LogP contribution in [0.25, 0.3) is 0 Å². The molecule has 3 heteroatoms. The first-order valence-electron chi connectivity index (χ1n) is 5.36. The van der Waals surface area contributed by atoms with Crippen molar-refractivity contribution >= 4 is 11.7 Å². The Balaban J connectivity index is 2.14. The number of hydrogen-bond acceptors (Lipinski definition) is 3. The third-order valence-electron chi connectivity index (χ3n) is 2.25. The van der Waals surface area contributed by atoms with E-state index in [0.717, 1.165) is 24.9 Å². The zero-order valence-electron chi connectivity index (χ0n) is 9.32. The van der Waals surface area contributed by atoms with Crippen LogP contribution < -0.4 is 5.73 Å². The average Bonchev–Trinajstić information content (AvgIpc) is 2.31. The van der Waals surface area contributed by atoms with Crippen molar-refractivity contribution in [1.29, 1.82) is 0 Å². The molecule has 86 valence electrons. The summed E-state index contributed by atoms with van der Waals surface area (Å²) in [5.74, 6) is -0.354. The van der Waals surface area contributed by atoms with Gasteiger partial charge in [-0.2, -0.15) is 0 Å². The summed E-state index contributed by atoms with van der Waals surface area (Å²) in [6.07, 6.45) is 4.02. The predicted molar refractivity (Wildman–Crippen MR) is 64.9 cm³/mol. The van der Waals surface area contributed by atoms with Crippen molar-refractivity contribution in [2.45, 2.75) is 19.3 Å². The lowest BCUT2D eigenvalue weighted by atomic mass is 10.1. The Morgan fingerprint density at radius 3 is 2.62 bits per heavy atom. The largest absolute Gasteiger partial charge is 0.463 e. The molecule has 16 heavy (non-hydrogen) atoms. The minimum Gasteiger partial charge on any atom is -0.463 e. The summed E-state index contributed by atoms with van der Waals surface area (Å²) in [6, 6.07) is 7.83. The lowest BCUT2D eigenvalue weighted by Crippen LogP contribution is -2.02. The molecule has 0 atom stereocenters. The molecular formula is C13H17NO2. The van der Waals surface area contributed by atoms with Gasteiger partial charge in [-0.3, -0.25) is 0 Å². The second-order valence-electron chi connectivity index (χ2n) is 3.57. The Bertz CT molecular complexity index is 343. The van der Waals surface area contributed by atoms with Crippen molar-refractivity contribution in [3.8, 4) is 0 Å². The Hall–Kier alpha value is -1.77. The van der Waals surface area contributed by atoms with Gasteiger partial charge in [-0.25, -0.2) is 4.79 Å². The van der Waals surface area contributed by atoms with Gasteiger partial charge in [0, 0.05) is 11.8 Å². The van der Waals surface area contributed by atoms with E-state index in [0.29, 0.717) is 6.61 Å². The third kappa shape index (κ3) is 4.64. The number of ether oxygens (including phenoxy) is 1. The molecule has 3 nitrogen and oxygen atoms in total. The van der Waals surface area contributed by atoms with Gasteiger partial charge in [-0.05, 0) is 37.0 Å². The van der Waals surface area contributed by atoms with Crippen LogP contribution in [0.4, 0.5) is 5.69 Å². The zero-order chi connectivity index (χ0) is 11.8. The number of nitrogens with two attached hydrogens (primary N) is 1. The maximum Gasteiger partial charge on any atom is 0.330 e. The van der Waals surface area contributed by atoms with Crippen LogP contribution in [-0.2, 0) is 16.0 Å². The molecule has 0 unspecified atom stereocenters. The lowest BCUT2D eigenvalue weighted by Gasteiger charge is -2.03. The number of anilines is 1. The molecule has 2 N–H and O–H groups in total. The monoisotopic (exact) mass is 219 g/mol. The van der Waals surface area contributed by atoms with Gasteiger partial charge < -0.3 is 10.5 Å². The maximum atomic E-state index is 10.7. The van der Waals surface area contributed by atoms with Crippen LogP contribution in [0, 0.1) is 0 Å². The van der Waals surface area contributed by atoms with Crippen LogP contribution in [0.3, 0.4) is 0 Å². The van der Waals surface area contributed by atoms with Crippen LogP contribution in [0.1, 0.15) is 18.4 Å². The molecule has 0 saturated heterocycles. The number of unbranched alkanes of at least 4 members (excludes halogenated alkanes) is 1. The van der Waals surface area contributed by atoms with E-state index in [1.165, 1.54) is 11.6 Å². The van der Waals surface area contributed by atoms with Gasteiger partial charge in [0.1, 0.15) is 0 Å². The number of hydrogen-bond donors (Lipinski definition) is 1. The number of benzene rings is 1. The van der Waals surface area contributed by atoms with Crippen molar-refractivity contribution in [3.05, 3.63) is 42.5 Å². The van der Waals surface area contributed by atoms with Gasteiger partial charge in [0.25, 0.3) is 0 Å². The molecular weight excluding hydrogens is 202 g/mol. The van der Waals surface area contributed by atoms with Gasteiger partial charge in [-0.1, -0.05) is 18.7 Å². The molecule has 1 aromatic rings. The highest BCUT2D eigenvalue weighted by Gasteiger charge is 1.96. The number of nitrogen functional groups attached to an aromatic ring is 1. The molecule has 1 rings (SSSR count). The molecule has 1 aromatic carbocycles. The third-order valence-corrected chi connectivity index (χ3v) is 2.25. The lowest BCUT2D eigenvalue weighted by molar-refractivity contribution is -0.137. The van der Waals surface area contributed by atoms with E-state index in [1.54, 1.807) is 0 Å². The fraction of sp³-hybridized carbons (Fsp3) is 0.308. The highest BCUT2D eigenvalue weighted by molar-refractivity contribution is 5.81. The maximum absolute atomic E-state index is 10.7. The molecule has 0 heterocycles. The highest BCUT2D eigenvalue weighted by atomic mass is 16.5. The van der Waals surface area contributed by atoms with Gasteiger partial charge in [0.2, 0.25) is 0 Å². The fourth-order valence-corrected chi connectivity index (χ4v) is 1.35. The Kier molecular flexibility index (Phi) is 5.12. The normalized spacial score (nSPS) is 9.75. The highest BCUT2D eigenvalue weighted by Crippen LogP contribution is 2.08. The second kappa shape index (κ2) is 6.67. The fourth-order valence-electron chi connectivity index (χ4n) is 1.35. The Morgan fingerprint density at radius 2 is 2.00 bits per heavy atom. The van der Waals surface area contributed by atoms with Gasteiger partial charge in [0.05, 0.1) is 6.61 Å². The SMILES string of the molecule is C=CC(=O)OCCCCc1ccc(N)cc1. The van der Waals surface area contributed by atoms with Crippen molar-refractivity contribution in [3.63, 3.8) is 0 Å². The molecule has 0 aliphatic heterocycles. The van der Waals surface area contributed by atoms with Crippen molar-refractivity contribution < 1.29 is 9.53 Å². The summed E-state index contributed by atoms with van der Waals surface area (Å²) in [6.45, 7) is 3.79. The first kappa shape index (κ1) is 12.3. The molecule has 0 bridgehead atoms. The second-order valence-corrected chi connectivity index (χ2v) is 3.57. The minimum atomic E-state index is -0.354. The summed E-state index contributed by atoms with van der Waals surface area (Å²) in [7, 11) is 0. The number of esters is 1. The van der Waals surface area contributed by atoms with Crippen LogP contribution in [0.5, 0.6) is 0 Å². The molecule has 0 aromatic heterocycles. The predicted octanol–water partition coefficient (Wildman–Crippen LogP) is 2.32. The number of aryl methyl sites for hydroxylation is 1. The molecule has 0 fully saturated rings. The van der Waals surface area contributed by atoms with E-state index in [9.17, 15) is 4.79 Å². The Morgan fingerprint density at radius 1 is 1.31 bits per heavy atom. The average molecular weight is 219 g/mol. The molecule has 0 radical (unpaired) electrons. The van der Waals surface area contributed by atoms with Crippen LogP contribution in [0.15, 0.2) is 36.9 Å². The minimum absolute atomic E-state index is 0.354. The van der Waals surface area contributed by atoms with Crippen LogP contribution in [-0.4, -0.2) is 12.6 Å². The van der Waals surface area contributed by atoms with E-state index >= 15 is 0 Å². The zero-order valence-corrected chi connectivity index (χ0v) is 9.32. The molecule has 0 aliphatic carbocycles. The number of rotatable bonds is 6. The molecule has 0 saturated carbocycles. The van der Waals surface area contributed by atoms with E-state index in [4.69, 9.17) is 10.5 Å². The Labute approximate surface area is 95.9 Å². The van der Waals surface area contributed by atoms with E-state index < -0.39 is 0 Å². The first-order chi connectivity index (χ1) is 7.72. The van der Waals surface area contributed by atoms with Crippen molar-refractivity contribution in [2.24, 2.45) is 0 Å². The van der Waals surface area contributed by atoms with E-state index in [1.807, 2.05) is 24.3 Å². The summed E-state index contributed by atoms with van der Waals surface area (Å²) >= 11 is 0. The standard InChI is InChI=1S/C13H17NO2/c1-2-13(15)16-10-4-3-5-11-6-8-12(14)9-7-11/h2,6-9H,1,3-5,10,14H2. The molecule has 0 spiro atoms. The topological polar surface area (TPSA) is 52.3 Å². The number of carbonyl (C=O) groups is 1. The summed E-state index contributed by atoms with van der Waals surface area (Å²) in [4.78, 5) is 10.7. The first-order valence-corrected chi connectivity index (χ1v) is 5.36. The van der Waals surface area contributed by atoms with E-state index in [-0.39, 0.29) is 5.97 Å². The molecule has 0 aliphatic rings. The summed E-state index contributed by atoms with van der Waals surface area (Å²) in [5, 5.41) is 0. The van der Waals surface area contributed by atoms with E-state index in [2.05, 4.69) is 6.58 Å². The molecule has 0 amide bonds. The smallest absolute Gasteiger partial charge is 0.330 e. The summed E-state index contributed by atoms with van der Waals surface area (Å²) in [5.41, 5.74) is 7.62. The van der Waals surface area contributed by atoms with Crippen molar-refractivity contribution in [1.82, 2.24) is 0 Å². The van der Waals surface area contributed by atoms with Crippen molar-refractivity contribution in [2.75, 3.05) is 12.3 Å². The van der Waals surface area contributed by atoms with Gasteiger partial charge in [-0.15, -0.1) is 0 Å². The summed E-state index contributed by atoms with van der Waals surface area (Å²) < 4.78 is 4.87. The van der Waals surface area contributed by atoms with Crippen LogP contribution >= 0.6 is 0 Å².